The number of carbonyl (C=O) groups excluding carboxylic acids is 1. The van der Waals surface area contributed by atoms with Crippen molar-refractivity contribution in [2.75, 3.05) is 19.0 Å². The second kappa shape index (κ2) is 11.3. The number of methoxy groups -OCH3 is 1. The van der Waals surface area contributed by atoms with Gasteiger partial charge in [0.25, 0.3) is 0 Å². The Balaban J connectivity index is 1.49. The Morgan fingerprint density at radius 2 is 1.72 bits per heavy atom. The lowest BCUT2D eigenvalue weighted by Gasteiger charge is -2.29. The second-order valence-corrected chi connectivity index (χ2v) is 10.1. The third-order valence-electron chi connectivity index (χ3n) is 7.48. The summed E-state index contributed by atoms with van der Waals surface area (Å²) in [4.78, 5) is 19.9. The summed E-state index contributed by atoms with van der Waals surface area (Å²) >= 11 is 5.86. The summed E-state index contributed by atoms with van der Waals surface area (Å²) in [7, 11) is 1.59. The molecular weight excluding hydrogens is 506 g/mol. The minimum Gasteiger partial charge on any atom is -0.495 e. The number of carbonyl (C=O) groups is 1. The summed E-state index contributed by atoms with van der Waals surface area (Å²) < 4.78 is 7.69. The lowest BCUT2D eigenvalue weighted by Crippen LogP contribution is -2.33. The first-order valence-electron chi connectivity index (χ1n) is 13.1. The highest BCUT2D eigenvalue weighted by molar-refractivity contribution is 7.80. The van der Waals surface area contributed by atoms with Gasteiger partial charge in [-0.25, -0.2) is 0 Å². The molecule has 0 aliphatic carbocycles. The fourth-order valence-electron chi connectivity index (χ4n) is 5.55. The molecule has 2 N–H and O–H groups in total. The zero-order valence-corrected chi connectivity index (χ0v) is 23.5. The lowest BCUT2D eigenvalue weighted by atomic mass is 9.93. The van der Waals surface area contributed by atoms with Crippen molar-refractivity contribution in [3.63, 3.8) is 0 Å². The van der Waals surface area contributed by atoms with Gasteiger partial charge in [0.05, 0.1) is 30.6 Å². The molecule has 1 fully saturated rings. The molecule has 8 heteroatoms. The van der Waals surface area contributed by atoms with E-state index < -0.39 is 0 Å². The minimum atomic E-state index is -0.153. The SMILES string of the molecule is COc1ccccc1NC(=O)CCN1C(=S)N[C@H](c2ccccn2)[C@H]1c1c(C)c(C)n(-c2ccccc2)c1C. The molecule has 0 unspecified atom stereocenters. The number of hydrogen-bond donors (Lipinski definition) is 2. The lowest BCUT2D eigenvalue weighted by molar-refractivity contribution is -0.116. The number of nitrogens with one attached hydrogen (secondary N) is 2. The van der Waals surface area contributed by atoms with Gasteiger partial charge >= 0.3 is 0 Å². The molecule has 5 rings (SSSR count). The van der Waals surface area contributed by atoms with E-state index in [1.807, 2.05) is 48.5 Å². The van der Waals surface area contributed by atoms with E-state index in [-0.39, 0.29) is 24.4 Å². The monoisotopic (exact) mass is 539 g/mol. The number of aromatic nitrogens is 2. The average molecular weight is 540 g/mol. The number of benzene rings is 2. The molecule has 0 saturated carbocycles. The molecule has 2 atom stereocenters. The van der Waals surface area contributed by atoms with E-state index in [4.69, 9.17) is 17.0 Å². The number of pyridine rings is 1. The summed E-state index contributed by atoms with van der Waals surface area (Å²) in [5.74, 6) is 0.523. The van der Waals surface area contributed by atoms with Crippen LogP contribution in [0.1, 0.15) is 46.7 Å². The highest BCUT2D eigenvalue weighted by Gasteiger charge is 2.42. The zero-order chi connectivity index (χ0) is 27.5. The van der Waals surface area contributed by atoms with Crippen molar-refractivity contribution < 1.29 is 9.53 Å². The van der Waals surface area contributed by atoms with Gasteiger partial charge in [-0.2, -0.15) is 0 Å². The van der Waals surface area contributed by atoms with Crippen LogP contribution < -0.4 is 15.4 Å². The van der Waals surface area contributed by atoms with Gasteiger partial charge < -0.3 is 24.8 Å². The molecule has 0 spiro atoms. The number of thiocarbonyl (C=S) groups is 1. The predicted molar refractivity (Wildman–Crippen MR) is 158 cm³/mol. The fraction of sp³-hybridized carbons (Fsp3) is 0.258. The van der Waals surface area contributed by atoms with Crippen molar-refractivity contribution in [3.8, 4) is 11.4 Å². The van der Waals surface area contributed by atoms with Crippen LogP contribution >= 0.6 is 12.2 Å². The van der Waals surface area contributed by atoms with Crippen LogP contribution in [0.3, 0.4) is 0 Å². The summed E-state index contributed by atoms with van der Waals surface area (Å²) in [6.45, 7) is 6.93. The van der Waals surface area contributed by atoms with E-state index >= 15 is 0 Å². The molecule has 7 nitrogen and oxygen atoms in total. The maximum Gasteiger partial charge on any atom is 0.226 e. The standard InChI is InChI=1S/C31H33N5O2S/c1-20-21(2)36(23-12-6-5-7-13-23)22(3)28(20)30-29(25-15-10-11-18-32-25)34-31(39)35(30)19-17-27(37)33-24-14-8-9-16-26(24)38-4/h5-16,18,29-30H,17,19H2,1-4H3,(H,33,37)(H,34,39)/t29-,30-/m1/s1. The van der Waals surface area contributed by atoms with E-state index in [0.29, 0.717) is 23.1 Å². The number of nitrogens with zero attached hydrogens (tertiary/aromatic N) is 3. The van der Waals surface area contributed by atoms with Gasteiger partial charge in [-0.1, -0.05) is 36.4 Å². The summed E-state index contributed by atoms with van der Waals surface area (Å²) in [6, 6.07) is 23.4. The molecule has 1 aliphatic rings. The molecule has 1 aliphatic heterocycles. The molecule has 0 bridgehead atoms. The van der Waals surface area contributed by atoms with Crippen LogP contribution in [0.2, 0.25) is 0 Å². The van der Waals surface area contributed by atoms with E-state index in [2.05, 4.69) is 70.1 Å². The highest BCUT2D eigenvalue weighted by Crippen LogP contribution is 2.43. The zero-order valence-electron chi connectivity index (χ0n) is 22.6. The maximum absolute atomic E-state index is 13.0. The van der Waals surface area contributed by atoms with Crippen LogP contribution in [-0.4, -0.2) is 39.1 Å². The number of hydrogen-bond acceptors (Lipinski definition) is 4. The van der Waals surface area contributed by atoms with Crippen LogP contribution in [-0.2, 0) is 4.79 Å². The number of rotatable bonds is 8. The van der Waals surface area contributed by atoms with Crippen molar-refractivity contribution in [1.29, 1.82) is 0 Å². The topological polar surface area (TPSA) is 71.4 Å². The second-order valence-electron chi connectivity index (χ2n) is 9.70. The van der Waals surface area contributed by atoms with E-state index in [9.17, 15) is 4.79 Å². The first-order valence-corrected chi connectivity index (χ1v) is 13.5. The smallest absolute Gasteiger partial charge is 0.226 e. The van der Waals surface area contributed by atoms with Gasteiger partial charge in [-0.05, 0) is 75.0 Å². The Morgan fingerprint density at radius 3 is 2.44 bits per heavy atom. The Bertz CT molecular complexity index is 1490. The fourth-order valence-corrected chi connectivity index (χ4v) is 5.88. The minimum absolute atomic E-state index is 0.103. The number of ether oxygens (including phenoxy) is 1. The summed E-state index contributed by atoms with van der Waals surface area (Å²) in [6.07, 6.45) is 2.07. The van der Waals surface area contributed by atoms with E-state index in [1.54, 1.807) is 13.3 Å². The molecule has 0 radical (unpaired) electrons. The predicted octanol–water partition coefficient (Wildman–Crippen LogP) is 5.81. The summed E-state index contributed by atoms with van der Waals surface area (Å²) in [5.41, 5.74) is 7.42. The number of para-hydroxylation sites is 3. The molecule has 39 heavy (non-hydrogen) atoms. The Hall–Kier alpha value is -4.17. The molecular formula is C31H33N5O2S. The van der Waals surface area contributed by atoms with Crippen molar-refractivity contribution in [2.45, 2.75) is 39.3 Å². The first kappa shape index (κ1) is 26.4. The van der Waals surface area contributed by atoms with Crippen LogP contribution in [0, 0.1) is 20.8 Å². The van der Waals surface area contributed by atoms with Crippen molar-refractivity contribution in [3.05, 3.63) is 107 Å². The normalized spacial score (nSPS) is 16.7. The molecule has 1 amide bonds. The Morgan fingerprint density at radius 1 is 1.00 bits per heavy atom. The van der Waals surface area contributed by atoms with Crippen molar-refractivity contribution in [1.82, 2.24) is 19.8 Å². The van der Waals surface area contributed by atoms with Crippen molar-refractivity contribution in [2.24, 2.45) is 0 Å². The first-order chi connectivity index (χ1) is 18.9. The quantitative estimate of drug-likeness (QED) is 0.276. The molecule has 3 heterocycles. The average Bonchev–Trinajstić information content (AvgIpc) is 3.39. The maximum atomic E-state index is 13.0. The van der Waals surface area contributed by atoms with Gasteiger partial charge in [0.1, 0.15) is 5.75 Å². The van der Waals surface area contributed by atoms with Gasteiger partial charge in [-0.3, -0.25) is 9.78 Å². The number of anilines is 1. The van der Waals surface area contributed by atoms with Crippen LogP contribution in [0.25, 0.3) is 5.69 Å². The van der Waals surface area contributed by atoms with Crippen molar-refractivity contribution >= 4 is 28.9 Å². The van der Waals surface area contributed by atoms with Crippen LogP contribution in [0.5, 0.6) is 5.75 Å². The Labute approximate surface area is 234 Å². The van der Waals surface area contributed by atoms with Gasteiger partial charge in [0, 0.05) is 41.8 Å². The van der Waals surface area contributed by atoms with Gasteiger partial charge in [0.15, 0.2) is 5.11 Å². The van der Waals surface area contributed by atoms with E-state index in [0.717, 1.165) is 17.1 Å². The highest BCUT2D eigenvalue weighted by atomic mass is 32.1. The van der Waals surface area contributed by atoms with Crippen LogP contribution in [0.15, 0.2) is 79.0 Å². The van der Waals surface area contributed by atoms with Crippen LogP contribution in [0.4, 0.5) is 5.69 Å². The molecule has 2 aromatic heterocycles. The number of amides is 1. The summed E-state index contributed by atoms with van der Waals surface area (Å²) in [5, 5.41) is 7.12. The molecule has 2 aromatic carbocycles. The molecule has 200 valence electrons. The van der Waals surface area contributed by atoms with Gasteiger partial charge in [-0.15, -0.1) is 0 Å². The molecule has 1 saturated heterocycles. The van der Waals surface area contributed by atoms with Gasteiger partial charge in [0.2, 0.25) is 5.91 Å². The Kier molecular flexibility index (Phi) is 7.65. The molecule has 4 aromatic rings. The third kappa shape index (κ3) is 5.12. The third-order valence-corrected chi connectivity index (χ3v) is 7.83. The van der Waals surface area contributed by atoms with E-state index in [1.165, 1.54) is 16.8 Å². The largest absolute Gasteiger partial charge is 0.495 e.